The number of hydrogen-bond donors (Lipinski definition) is 2. The van der Waals surface area contributed by atoms with E-state index in [0.29, 0.717) is 30.9 Å². The largest absolute Gasteiger partial charge is 0.489 e. The van der Waals surface area contributed by atoms with E-state index in [4.69, 9.17) is 15.2 Å². The first kappa shape index (κ1) is 20.9. The van der Waals surface area contributed by atoms with Crippen LogP contribution in [0.1, 0.15) is 21.5 Å². The number of nitrogens with two attached hydrogens (primary N) is 1. The first-order valence-electron chi connectivity index (χ1n) is 9.65. The number of ether oxygens (including phenoxy) is 2. The van der Waals surface area contributed by atoms with E-state index in [-0.39, 0.29) is 12.5 Å². The predicted molar refractivity (Wildman–Crippen MR) is 114 cm³/mol. The molecule has 0 aliphatic heterocycles. The van der Waals surface area contributed by atoms with Gasteiger partial charge in [0.25, 0.3) is 5.91 Å². The van der Waals surface area contributed by atoms with Crippen molar-refractivity contribution < 1.29 is 19.1 Å². The molecule has 3 rings (SSSR count). The van der Waals surface area contributed by atoms with Crippen LogP contribution in [0.5, 0.6) is 11.5 Å². The molecule has 30 heavy (non-hydrogen) atoms. The van der Waals surface area contributed by atoms with E-state index in [0.717, 1.165) is 16.9 Å². The molecule has 0 spiro atoms. The number of rotatable bonds is 10. The van der Waals surface area contributed by atoms with Crippen LogP contribution < -0.4 is 20.5 Å². The lowest BCUT2D eigenvalue weighted by molar-refractivity contribution is -0.123. The number of hydrogen-bond acceptors (Lipinski definition) is 4. The summed E-state index contributed by atoms with van der Waals surface area (Å²) in [6.07, 6.45) is 0.706. The summed E-state index contributed by atoms with van der Waals surface area (Å²) in [6.45, 7) is 0.941. The summed E-state index contributed by atoms with van der Waals surface area (Å²) in [5, 5.41) is 2.82. The highest BCUT2D eigenvalue weighted by Gasteiger charge is 2.05. The molecule has 0 saturated carbocycles. The minimum Gasteiger partial charge on any atom is -0.489 e. The Morgan fingerprint density at radius 2 is 1.40 bits per heavy atom. The number of carbonyl (C=O) groups is 2. The molecule has 0 bridgehead atoms. The molecule has 0 saturated heterocycles. The van der Waals surface area contributed by atoms with Crippen molar-refractivity contribution in [3.8, 4) is 11.5 Å². The fourth-order valence-electron chi connectivity index (χ4n) is 2.75. The monoisotopic (exact) mass is 404 g/mol. The number of nitrogens with one attached hydrogen (secondary N) is 1. The molecule has 0 atom stereocenters. The van der Waals surface area contributed by atoms with Gasteiger partial charge in [-0.3, -0.25) is 9.59 Å². The molecule has 6 heteroatoms. The smallest absolute Gasteiger partial charge is 0.257 e. The van der Waals surface area contributed by atoms with Crippen LogP contribution in [0.25, 0.3) is 0 Å². The van der Waals surface area contributed by atoms with E-state index in [1.54, 1.807) is 24.3 Å². The lowest BCUT2D eigenvalue weighted by Crippen LogP contribution is -2.30. The van der Waals surface area contributed by atoms with Crippen LogP contribution in [0.4, 0.5) is 0 Å². The average molecular weight is 404 g/mol. The Bertz CT molecular complexity index is 955. The topological polar surface area (TPSA) is 90.7 Å². The van der Waals surface area contributed by atoms with Gasteiger partial charge in [-0.05, 0) is 53.9 Å². The van der Waals surface area contributed by atoms with Crippen molar-refractivity contribution in [1.82, 2.24) is 5.32 Å². The molecule has 0 unspecified atom stereocenters. The quantitative estimate of drug-likeness (QED) is 0.543. The van der Waals surface area contributed by atoms with Gasteiger partial charge in [0.15, 0.2) is 6.61 Å². The fraction of sp³-hybridized carbons (Fsp3) is 0.167. The van der Waals surface area contributed by atoms with Crippen LogP contribution in [-0.2, 0) is 17.8 Å². The Kier molecular flexibility index (Phi) is 7.44. The highest BCUT2D eigenvalue weighted by molar-refractivity contribution is 5.92. The SMILES string of the molecule is NC(=O)c1ccc(OCC(=O)NCCc2ccc(OCc3ccccc3)cc2)cc1. The van der Waals surface area contributed by atoms with Crippen molar-refractivity contribution in [3.63, 3.8) is 0 Å². The third kappa shape index (κ3) is 6.67. The summed E-state index contributed by atoms with van der Waals surface area (Å²) in [4.78, 5) is 23.0. The number of carbonyl (C=O) groups excluding carboxylic acids is 2. The van der Waals surface area contributed by atoms with Gasteiger partial charge in [0.2, 0.25) is 5.91 Å². The fourth-order valence-corrected chi connectivity index (χ4v) is 2.75. The molecule has 0 radical (unpaired) electrons. The first-order chi connectivity index (χ1) is 14.6. The van der Waals surface area contributed by atoms with E-state index in [1.165, 1.54) is 0 Å². The van der Waals surface area contributed by atoms with Gasteiger partial charge >= 0.3 is 0 Å². The minimum absolute atomic E-state index is 0.0951. The van der Waals surface area contributed by atoms with Gasteiger partial charge in [-0.15, -0.1) is 0 Å². The molecule has 3 aromatic rings. The second-order valence-electron chi connectivity index (χ2n) is 6.70. The standard InChI is InChI=1S/C24H24N2O4/c25-24(28)20-8-12-22(13-9-20)30-17-23(27)26-15-14-18-6-10-21(11-7-18)29-16-19-4-2-1-3-5-19/h1-13H,14-17H2,(H2,25,28)(H,26,27). The zero-order valence-electron chi connectivity index (χ0n) is 16.5. The van der Waals surface area contributed by atoms with Crippen LogP contribution in [0.3, 0.4) is 0 Å². The molecule has 3 N–H and O–H groups in total. The average Bonchev–Trinajstić information content (AvgIpc) is 2.78. The van der Waals surface area contributed by atoms with Gasteiger partial charge in [0.1, 0.15) is 18.1 Å². The van der Waals surface area contributed by atoms with Crippen molar-refractivity contribution >= 4 is 11.8 Å². The molecule has 6 nitrogen and oxygen atoms in total. The zero-order chi connectivity index (χ0) is 21.2. The van der Waals surface area contributed by atoms with Gasteiger partial charge in [-0.25, -0.2) is 0 Å². The van der Waals surface area contributed by atoms with E-state index >= 15 is 0 Å². The zero-order valence-corrected chi connectivity index (χ0v) is 16.5. The second kappa shape index (κ2) is 10.7. The van der Waals surface area contributed by atoms with E-state index in [2.05, 4.69) is 5.32 Å². The first-order valence-corrected chi connectivity index (χ1v) is 9.65. The third-order valence-electron chi connectivity index (χ3n) is 4.42. The van der Waals surface area contributed by atoms with Gasteiger partial charge in [0.05, 0.1) is 0 Å². The summed E-state index contributed by atoms with van der Waals surface area (Å²) in [5.74, 6) is 0.593. The van der Waals surface area contributed by atoms with Gasteiger partial charge in [-0.2, -0.15) is 0 Å². The maximum Gasteiger partial charge on any atom is 0.257 e. The third-order valence-corrected chi connectivity index (χ3v) is 4.42. The van der Waals surface area contributed by atoms with Crippen molar-refractivity contribution in [2.75, 3.05) is 13.2 Å². The number of primary amides is 1. The van der Waals surface area contributed by atoms with Gasteiger partial charge < -0.3 is 20.5 Å². The maximum absolute atomic E-state index is 11.9. The van der Waals surface area contributed by atoms with Gasteiger partial charge in [-0.1, -0.05) is 42.5 Å². The van der Waals surface area contributed by atoms with Crippen molar-refractivity contribution in [2.45, 2.75) is 13.0 Å². The lowest BCUT2D eigenvalue weighted by Gasteiger charge is -2.09. The van der Waals surface area contributed by atoms with Crippen molar-refractivity contribution in [3.05, 3.63) is 95.6 Å². The maximum atomic E-state index is 11.9. The van der Waals surface area contributed by atoms with Crippen LogP contribution in [0.15, 0.2) is 78.9 Å². The summed E-state index contributed by atoms with van der Waals surface area (Å²) < 4.78 is 11.2. The molecule has 0 fully saturated rings. The predicted octanol–water partition coefficient (Wildman–Crippen LogP) is 3.10. The molecule has 0 aliphatic carbocycles. The van der Waals surface area contributed by atoms with Crippen LogP contribution in [0.2, 0.25) is 0 Å². The molecule has 154 valence electrons. The molecule has 3 aromatic carbocycles. The summed E-state index contributed by atoms with van der Waals surface area (Å²) in [6, 6.07) is 24.2. The van der Waals surface area contributed by atoms with Crippen LogP contribution >= 0.6 is 0 Å². The number of amides is 2. The molecule has 0 aromatic heterocycles. The highest BCUT2D eigenvalue weighted by Crippen LogP contribution is 2.15. The molecular weight excluding hydrogens is 380 g/mol. The Labute approximate surface area is 175 Å². The highest BCUT2D eigenvalue weighted by atomic mass is 16.5. The van der Waals surface area contributed by atoms with Crippen molar-refractivity contribution in [1.29, 1.82) is 0 Å². The molecule has 0 aliphatic rings. The van der Waals surface area contributed by atoms with E-state index < -0.39 is 5.91 Å². The normalized spacial score (nSPS) is 10.3. The minimum atomic E-state index is -0.505. The Hall–Kier alpha value is -3.80. The van der Waals surface area contributed by atoms with E-state index in [9.17, 15) is 9.59 Å². The van der Waals surface area contributed by atoms with Crippen molar-refractivity contribution in [2.24, 2.45) is 5.73 Å². The van der Waals surface area contributed by atoms with Gasteiger partial charge in [0, 0.05) is 12.1 Å². The number of benzene rings is 3. The van der Waals surface area contributed by atoms with Crippen LogP contribution in [0, 0.1) is 0 Å². The Balaban J connectivity index is 1.35. The van der Waals surface area contributed by atoms with E-state index in [1.807, 2.05) is 54.6 Å². The summed E-state index contributed by atoms with van der Waals surface area (Å²) in [5.41, 5.74) is 7.80. The molecule has 0 heterocycles. The van der Waals surface area contributed by atoms with Crippen LogP contribution in [-0.4, -0.2) is 25.0 Å². The molecular formula is C24H24N2O4. The Morgan fingerprint density at radius 3 is 2.07 bits per heavy atom. The summed E-state index contributed by atoms with van der Waals surface area (Å²) in [7, 11) is 0. The summed E-state index contributed by atoms with van der Waals surface area (Å²) >= 11 is 0. The Morgan fingerprint density at radius 1 is 0.767 bits per heavy atom. The lowest BCUT2D eigenvalue weighted by atomic mass is 10.1. The second-order valence-corrected chi connectivity index (χ2v) is 6.70. The molecule has 2 amide bonds.